The van der Waals surface area contributed by atoms with Gasteiger partial charge in [0.25, 0.3) is 0 Å². The number of allylic oxidation sites excluding steroid dienone is 2. The Labute approximate surface area is 141 Å². The van der Waals surface area contributed by atoms with E-state index in [2.05, 4.69) is 12.2 Å². The molecule has 128 valence electrons. The number of sulfone groups is 1. The molecule has 0 unspecified atom stereocenters. The molecule has 4 aliphatic carbocycles. The van der Waals surface area contributed by atoms with E-state index in [1.165, 1.54) is 51.4 Å². The summed E-state index contributed by atoms with van der Waals surface area (Å²) >= 11 is 0. The van der Waals surface area contributed by atoms with Gasteiger partial charge in [-0.05, 0) is 79.4 Å². The van der Waals surface area contributed by atoms with Gasteiger partial charge in [0.15, 0.2) is 9.84 Å². The lowest BCUT2D eigenvalue weighted by Crippen LogP contribution is -2.58. The SMILES string of the molecule is O=S1(=O)C[C@]23CC=CC[C@]2(C1)[C@H]1[C@@H](CC[C@H]2CCCC[C@@H]21)CC3. The fourth-order valence-corrected chi connectivity index (χ4v) is 10.9. The van der Waals surface area contributed by atoms with E-state index in [9.17, 15) is 8.42 Å². The molecule has 1 heterocycles. The van der Waals surface area contributed by atoms with Crippen molar-refractivity contribution in [1.29, 1.82) is 0 Å². The predicted molar refractivity (Wildman–Crippen MR) is 92.8 cm³/mol. The van der Waals surface area contributed by atoms with Crippen molar-refractivity contribution in [1.82, 2.24) is 0 Å². The molecule has 6 atom stereocenters. The number of rotatable bonds is 0. The summed E-state index contributed by atoms with van der Waals surface area (Å²) in [6.45, 7) is 0. The normalized spacial score (nSPS) is 53.7. The van der Waals surface area contributed by atoms with E-state index in [0.717, 1.165) is 30.6 Å². The van der Waals surface area contributed by atoms with Gasteiger partial charge in [0.05, 0.1) is 11.5 Å². The van der Waals surface area contributed by atoms with Crippen molar-refractivity contribution in [3.8, 4) is 0 Å². The van der Waals surface area contributed by atoms with Crippen molar-refractivity contribution in [3.63, 3.8) is 0 Å². The van der Waals surface area contributed by atoms with Gasteiger partial charge in [0, 0.05) is 0 Å². The average Bonchev–Trinajstić information content (AvgIpc) is 2.80. The lowest BCUT2D eigenvalue weighted by molar-refractivity contribution is -0.125. The first-order chi connectivity index (χ1) is 11.1. The van der Waals surface area contributed by atoms with Crippen LogP contribution in [0, 0.1) is 34.5 Å². The van der Waals surface area contributed by atoms with Gasteiger partial charge in [-0.25, -0.2) is 8.42 Å². The van der Waals surface area contributed by atoms with Crippen LogP contribution in [0.3, 0.4) is 0 Å². The van der Waals surface area contributed by atoms with E-state index in [0.29, 0.717) is 17.4 Å². The van der Waals surface area contributed by atoms with Crippen LogP contribution in [-0.2, 0) is 9.84 Å². The molecule has 3 heteroatoms. The van der Waals surface area contributed by atoms with Crippen molar-refractivity contribution >= 4 is 9.84 Å². The van der Waals surface area contributed by atoms with E-state index in [1.54, 1.807) is 0 Å². The van der Waals surface area contributed by atoms with Crippen molar-refractivity contribution in [2.75, 3.05) is 11.5 Å². The predicted octanol–water partition coefficient (Wildman–Crippen LogP) is 4.36. The van der Waals surface area contributed by atoms with Crippen molar-refractivity contribution < 1.29 is 8.42 Å². The van der Waals surface area contributed by atoms with Crippen LogP contribution in [0.4, 0.5) is 0 Å². The summed E-state index contributed by atoms with van der Waals surface area (Å²) in [5.41, 5.74) is 0.200. The Morgan fingerprint density at radius 2 is 1.61 bits per heavy atom. The summed E-state index contributed by atoms with van der Waals surface area (Å²) in [5.74, 6) is 4.27. The zero-order chi connectivity index (χ0) is 15.7. The van der Waals surface area contributed by atoms with E-state index < -0.39 is 9.84 Å². The molecule has 0 aromatic carbocycles. The minimum atomic E-state index is -2.86. The lowest BCUT2D eigenvalue weighted by atomic mass is 9.41. The third kappa shape index (κ3) is 1.95. The number of fused-ring (bicyclic) bond motifs is 3. The minimum absolute atomic E-state index is 0.0983. The average molecular weight is 335 g/mol. The first kappa shape index (κ1) is 15.0. The highest BCUT2D eigenvalue weighted by Crippen LogP contribution is 2.70. The van der Waals surface area contributed by atoms with Crippen LogP contribution >= 0.6 is 0 Å². The van der Waals surface area contributed by atoms with E-state index >= 15 is 0 Å². The molecule has 2 nitrogen and oxygen atoms in total. The Morgan fingerprint density at radius 3 is 2.52 bits per heavy atom. The Balaban J connectivity index is 1.64. The van der Waals surface area contributed by atoms with Crippen molar-refractivity contribution in [2.45, 2.75) is 64.2 Å². The maximum atomic E-state index is 12.8. The standard InChI is InChI=1S/C20H30O2S/c21-23(22)13-19-10-3-4-11-20(19,14-23)18-16(9-12-19)8-7-15-5-1-2-6-17(15)18/h3-4,15-18H,1-2,5-14H2/t15-,16+,17+,18+,19-,20+/m1/s1. The summed E-state index contributed by atoms with van der Waals surface area (Å²) in [4.78, 5) is 0. The summed E-state index contributed by atoms with van der Waals surface area (Å²) in [5, 5.41) is 0. The Morgan fingerprint density at radius 1 is 0.826 bits per heavy atom. The van der Waals surface area contributed by atoms with Crippen LogP contribution in [0.5, 0.6) is 0 Å². The quantitative estimate of drug-likeness (QED) is 0.617. The molecule has 0 bridgehead atoms. The second kappa shape index (κ2) is 4.86. The molecule has 0 N–H and O–H groups in total. The molecule has 0 aromatic heterocycles. The molecule has 0 spiro atoms. The van der Waals surface area contributed by atoms with E-state index in [-0.39, 0.29) is 10.8 Å². The fourth-order valence-electron chi connectivity index (χ4n) is 7.98. The van der Waals surface area contributed by atoms with Gasteiger partial charge in [0.1, 0.15) is 0 Å². The lowest BCUT2D eigenvalue weighted by Gasteiger charge is -2.63. The smallest absolute Gasteiger partial charge is 0.151 e. The summed E-state index contributed by atoms with van der Waals surface area (Å²) in [6, 6.07) is 0. The topological polar surface area (TPSA) is 34.1 Å². The molecular weight excluding hydrogens is 304 g/mol. The highest BCUT2D eigenvalue weighted by atomic mass is 32.2. The first-order valence-corrected chi connectivity index (χ1v) is 11.7. The van der Waals surface area contributed by atoms with Gasteiger partial charge < -0.3 is 0 Å². The van der Waals surface area contributed by atoms with Gasteiger partial charge in [-0.15, -0.1) is 0 Å². The van der Waals surface area contributed by atoms with Crippen LogP contribution < -0.4 is 0 Å². The van der Waals surface area contributed by atoms with Crippen LogP contribution in [0.15, 0.2) is 12.2 Å². The van der Waals surface area contributed by atoms with Gasteiger partial charge in [0.2, 0.25) is 0 Å². The zero-order valence-electron chi connectivity index (χ0n) is 14.2. The molecule has 4 fully saturated rings. The van der Waals surface area contributed by atoms with Crippen LogP contribution in [0.1, 0.15) is 64.2 Å². The highest BCUT2D eigenvalue weighted by Gasteiger charge is 2.68. The largest absolute Gasteiger partial charge is 0.229 e. The van der Waals surface area contributed by atoms with Gasteiger partial charge >= 0.3 is 0 Å². The van der Waals surface area contributed by atoms with Crippen LogP contribution in [-0.4, -0.2) is 19.9 Å². The Kier molecular flexibility index (Phi) is 3.17. The molecule has 3 saturated carbocycles. The summed E-state index contributed by atoms with van der Waals surface area (Å²) in [7, 11) is -2.86. The Hall–Kier alpha value is -0.310. The summed E-state index contributed by atoms with van der Waals surface area (Å²) in [6.07, 6.45) is 17.6. The van der Waals surface area contributed by atoms with E-state index in [1.807, 2.05) is 0 Å². The molecule has 0 radical (unpaired) electrons. The second-order valence-electron chi connectivity index (χ2n) is 9.46. The summed E-state index contributed by atoms with van der Waals surface area (Å²) < 4.78 is 25.5. The maximum Gasteiger partial charge on any atom is 0.151 e. The fraction of sp³-hybridized carbons (Fsp3) is 0.900. The van der Waals surface area contributed by atoms with Gasteiger partial charge in [-0.1, -0.05) is 31.4 Å². The molecular formula is C20H30O2S. The monoisotopic (exact) mass is 334 g/mol. The first-order valence-electron chi connectivity index (χ1n) is 9.91. The second-order valence-corrected chi connectivity index (χ2v) is 11.5. The van der Waals surface area contributed by atoms with Crippen molar-refractivity contribution in [3.05, 3.63) is 12.2 Å². The molecule has 0 amide bonds. The van der Waals surface area contributed by atoms with Crippen LogP contribution in [0.2, 0.25) is 0 Å². The van der Waals surface area contributed by atoms with E-state index in [4.69, 9.17) is 0 Å². The molecule has 1 saturated heterocycles. The number of hydrogen-bond acceptors (Lipinski definition) is 2. The Bertz CT molecular complexity index is 636. The highest BCUT2D eigenvalue weighted by molar-refractivity contribution is 7.91. The van der Waals surface area contributed by atoms with Gasteiger partial charge in [-0.2, -0.15) is 0 Å². The molecule has 5 aliphatic rings. The van der Waals surface area contributed by atoms with Gasteiger partial charge in [-0.3, -0.25) is 0 Å². The van der Waals surface area contributed by atoms with Crippen molar-refractivity contribution in [2.24, 2.45) is 34.5 Å². The molecule has 5 rings (SSSR count). The molecule has 1 aliphatic heterocycles. The van der Waals surface area contributed by atoms with Crippen LogP contribution in [0.25, 0.3) is 0 Å². The maximum absolute atomic E-state index is 12.8. The zero-order valence-corrected chi connectivity index (χ0v) is 15.0. The minimum Gasteiger partial charge on any atom is -0.229 e. The molecule has 23 heavy (non-hydrogen) atoms. The third-order valence-corrected chi connectivity index (χ3v) is 10.6. The number of hydrogen-bond donors (Lipinski definition) is 0. The molecule has 0 aromatic rings. The third-order valence-electron chi connectivity index (χ3n) is 8.66.